The van der Waals surface area contributed by atoms with Crippen LogP contribution < -0.4 is 0 Å². The van der Waals surface area contributed by atoms with Crippen LogP contribution in [0.3, 0.4) is 0 Å². The average molecular weight is 252 g/mol. The molecule has 18 heavy (non-hydrogen) atoms. The Bertz CT molecular complexity index is 636. The van der Waals surface area contributed by atoms with Gasteiger partial charge in [-0.2, -0.15) is 0 Å². The molecule has 0 aliphatic heterocycles. The Morgan fingerprint density at radius 1 is 1.00 bits per heavy atom. The molecule has 0 saturated heterocycles. The summed E-state index contributed by atoms with van der Waals surface area (Å²) in [6, 6.07) is 14.3. The van der Waals surface area contributed by atoms with Gasteiger partial charge in [0.2, 0.25) is 0 Å². The van der Waals surface area contributed by atoms with Crippen molar-refractivity contribution in [3.8, 4) is 11.3 Å². The standard InChI is InChI=1S/C15H12N2S/c1-2-5-12(6-3-1)14-11-16-15(17-14)9-8-13-7-4-10-18-13/h1-11H,(H,16,17)/b9-8+. The molecule has 3 rings (SSSR count). The van der Waals surface area contributed by atoms with Gasteiger partial charge in [-0.25, -0.2) is 4.98 Å². The van der Waals surface area contributed by atoms with E-state index < -0.39 is 0 Å². The van der Waals surface area contributed by atoms with E-state index in [9.17, 15) is 0 Å². The van der Waals surface area contributed by atoms with Crippen molar-refractivity contribution in [3.05, 3.63) is 64.7 Å². The highest BCUT2D eigenvalue weighted by atomic mass is 32.1. The topological polar surface area (TPSA) is 28.7 Å². The van der Waals surface area contributed by atoms with Crippen LogP contribution in [0.25, 0.3) is 23.4 Å². The number of aromatic nitrogens is 2. The van der Waals surface area contributed by atoms with Gasteiger partial charge >= 0.3 is 0 Å². The second-order valence-electron chi connectivity index (χ2n) is 3.89. The van der Waals surface area contributed by atoms with E-state index in [1.54, 1.807) is 11.3 Å². The van der Waals surface area contributed by atoms with Crippen LogP contribution in [0.15, 0.2) is 54.0 Å². The molecule has 2 heterocycles. The maximum atomic E-state index is 4.54. The molecule has 0 amide bonds. The Kier molecular flexibility index (Phi) is 3.07. The molecule has 0 radical (unpaired) electrons. The summed E-state index contributed by atoms with van der Waals surface area (Å²) in [5.74, 6) is 0.877. The van der Waals surface area contributed by atoms with E-state index in [2.05, 4.69) is 39.6 Å². The van der Waals surface area contributed by atoms with Crippen molar-refractivity contribution in [2.75, 3.05) is 0 Å². The fraction of sp³-hybridized carbons (Fsp3) is 0. The maximum absolute atomic E-state index is 4.54. The molecule has 0 aliphatic carbocycles. The summed E-state index contributed by atoms with van der Waals surface area (Å²) >= 11 is 1.72. The van der Waals surface area contributed by atoms with Gasteiger partial charge in [-0.3, -0.25) is 0 Å². The van der Waals surface area contributed by atoms with Crippen molar-refractivity contribution in [2.24, 2.45) is 0 Å². The second kappa shape index (κ2) is 5.02. The summed E-state index contributed by atoms with van der Waals surface area (Å²) < 4.78 is 0. The van der Waals surface area contributed by atoms with Gasteiger partial charge in [0.25, 0.3) is 0 Å². The summed E-state index contributed by atoms with van der Waals surface area (Å²) in [5, 5.41) is 2.07. The van der Waals surface area contributed by atoms with E-state index in [4.69, 9.17) is 0 Å². The van der Waals surface area contributed by atoms with Gasteiger partial charge in [-0.05, 0) is 23.6 Å². The summed E-state index contributed by atoms with van der Waals surface area (Å²) in [6.45, 7) is 0. The van der Waals surface area contributed by atoms with E-state index >= 15 is 0 Å². The minimum absolute atomic E-state index is 0.877. The van der Waals surface area contributed by atoms with Crippen molar-refractivity contribution in [1.82, 2.24) is 9.97 Å². The van der Waals surface area contributed by atoms with Gasteiger partial charge in [0.05, 0.1) is 5.69 Å². The third-order valence-electron chi connectivity index (χ3n) is 2.62. The second-order valence-corrected chi connectivity index (χ2v) is 4.87. The van der Waals surface area contributed by atoms with Gasteiger partial charge in [0.15, 0.2) is 0 Å². The molecule has 3 heteroatoms. The number of rotatable bonds is 3. The van der Waals surface area contributed by atoms with E-state index in [0.717, 1.165) is 17.1 Å². The lowest BCUT2D eigenvalue weighted by molar-refractivity contribution is 1.27. The molecule has 0 saturated carbocycles. The van der Waals surface area contributed by atoms with Gasteiger partial charge in [0.1, 0.15) is 5.82 Å². The summed E-state index contributed by atoms with van der Waals surface area (Å²) in [4.78, 5) is 8.94. The first-order chi connectivity index (χ1) is 8.92. The number of hydrogen-bond acceptors (Lipinski definition) is 2. The molecule has 0 unspecified atom stereocenters. The summed E-state index contributed by atoms with van der Waals surface area (Å²) in [6.07, 6.45) is 6.00. The molecule has 88 valence electrons. The number of nitrogens with one attached hydrogen (secondary N) is 1. The van der Waals surface area contributed by atoms with Crippen LogP contribution in [-0.2, 0) is 0 Å². The first-order valence-corrected chi connectivity index (χ1v) is 6.62. The normalized spacial score (nSPS) is 11.1. The SMILES string of the molecule is C(=C\c1cccs1)/c1nc(-c2ccccc2)c[nH]1. The number of thiophene rings is 1. The largest absolute Gasteiger partial charge is 0.344 e. The highest BCUT2D eigenvalue weighted by Crippen LogP contribution is 2.17. The molecular weight excluding hydrogens is 240 g/mol. The Hall–Kier alpha value is -2.13. The molecule has 3 aromatic rings. The minimum Gasteiger partial charge on any atom is -0.344 e. The third kappa shape index (κ3) is 2.41. The van der Waals surface area contributed by atoms with Crippen LogP contribution >= 0.6 is 11.3 Å². The van der Waals surface area contributed by atoms with E-state index in [1.165, 1.54) is 4.88 Å². The maximum Gasteiger partial charge on any atom is 0.130 e. The molecule has 0 atom stereocenters. The summed E-state index contributed by atoms with van der Waals surface area (Å²) in [7, 11) is 0. The minimum atomic E-state index is 0.877. The van der Waals surface area contributed by atoms with Crippen LogP contribution in [0.2, 0.25) is 0 Å². The molecule has 2 nitrogen and oxygen atoms in total. The van der Waals surface area contributed by atoms with E-state index in [-0.39, 0.29) is 0 Å². The monoisotopic (exact) mass is 252 g/mol. The molecule has 2 aromatic heterocycles. The Morgan fingerprint density at radius 2 is 1.89 bits per heavy atom. The Morgan fingerprint density at radius 3 is 2.67 bits per heavy atom. The fourth-order valence-electron chi connectivity index (χ4n) is 1.73. The quantitative estimate of drug-likeness (QED) is 0.739. The Balaban J connectivity index is 1.82. The van der Waals surface area contributed by atoms with Gasteiger partial charge in [-0.1, -0.05) is 36.4 Å². The van der Waals surface area contributed by atoms with E-state index in [1.807, 2.05) is 36.5 Å². The molecule has 0 bridgehead atoms. The van der Waals surface area contributed by atoms with Gasteiger partial charge < -0.3 is 4.98 Å². The molecule has 0 aliphatic rings. The lowest BCUT2D eigenvalue weighted by Crippen LogP contribution is -1.77. The number of nitrogens with zero attached hydrogens (tertiary/aromatic N) is 1. The third-order valence-corrected chi connectivity index (χ3v) is 3.45. The van der Waals surface area contributed by atoms with Crippen LogP contribution in [0.5, 0.6) is 0 Å². The smallest absolute Gasteiger partial charge is 0.130 e. The first kappa shape index (κ1) is 11.0. The van der Waals surface area contributed by atoms with Crippen molar-refractivity contribution in [1.29, 1.82) is 0 Å². The van der Waals surface area contributed by atoms with Gasteiger partial charge in [0, 0.05) is 16.6 Å². The zero-order chi connectivity index (χ0) is 12.2. The predicted octanol–water partition coefficient (Wildman–Crippen LogP) is 4.31. The summed E-state index contributed by atoms with van der Waals surface area (Å²) in [5.41, 5.74) is 2.10. The lowest BCUT2D eigenvalue weighted by atomic mass is 10.2. The van der Waals surface area contributed by atoms with Gasteiger partial charge in [-0.15, -0.1) is 11.3 Å². The molecular formula is C15H12N2S. The zero-order valence-electron chi connectivity index (χ0n) is 9.71. The molecule has 1 N–H and O–H groups in total. The van der Waals surface area contributed by atoms with Crippen LogP contribution in [0.4, 0.5) is 0 Å². The zero-order valence-corrected chi connectivity index (χ0v) is 10.5. The number of benzene rings is 1. The molecule has 1 aromatic carbocycles. The average Bonchev–Trinajstić information content (AvgIpc) is 3.09. The predicted molar refractivity (Wildman–Crippen MR) is 77.3 cm³/mol. The number of aromatic amines is 1. The highest BCUT2D eigenvalue weighted by molar-refractivity contribution is 7.10. The van der Waals surface area contributed by atoms with Crippen LogP contribution in [0, 0.1) is 0 Å². The number of hydrogen-bond donors (Lipinski definition) is 1. The van der Waals surface area contributed by atoms with Crippen molar-refractivity contribution < 1.29 is 0 Å². The van der Waals surface area contributed by atoms with Crippen LogP contribution in [0.1, 0.15) is 10.7 Å². The lowest BCUT2D eigenvalue weighted by Gasteiger charge is -1.92. The fourth-order valence-corrected chi connectivity index (χ4v) is 2.34. The highest BCUT2D eigenvalue weighted by Gasteiger charge is 2.00. The van der Waals surface area contributed by atoms with Crippen molar-refractivity contribution in [3.63, 3.8) is 0 Å². The van der Waals surface area contributed by atoms with Crippen LogP contribution in [-0.4, -0.2) is 9.97 Å². The number of H-pyrrole nitrogens is 1. The van der Waals surface area contributed by atoms with Crippen molar-refractivity contribution >= 4 is 23.5 Å². The van der Waals surface area contributed by atoms with Crippen molar-refractivity contribution in [2.45, 2.75) is 0 Å². The Labute approximate surface area is 110 Å². The molecule has 0 fully saturated rings. The molecule has 0 spiro atoms. The first-order valence-electron chi connectivity index (χ1n) is 5.74. The number of imidazole rings is 1. The van der Waals surface area contributed by atoms with E-state index in [0.29, 0.717) is 0 Å².